The lowest BCUT2D eigenvalue weighted by Crippen LogP contribution is -2.23. The average Bonchev–Trinajstić information content (AvgIpc) is 3.14. The summed E-state index contributed by atoms with van der Waals surface area (Å²) in [6.07, 6.45) is 0.312. The highest BCUT2D eigenvalue weighted by Gasteiger charge is 2.58. The van der Waals surface area contributed by atoms with Crippen molar-refractivity contribution in [1.29, 1.82) is 0 Å². The Morgan fingerprint density at radius 1 is 1.20 bits per heavy atom. The van der Waals surface area contributed by atoms with Crippen LogP contribution in [0.2, 0.25) is 0 Å². The van der Waals surface area contributed by atoms with Crippen molar-refractivity contribution in [3.8, 4) is 0 Å². The van der Waals surface area contributed by atoms with Crippen LogP contribution in [-0.4, -0.2) is 58.3 Å². The van der Waals surface area contributed by atoms with Gasteiger partial charge in [-0.2, -0.15) is 13.2 Å². The van der Waals surface area contributed by atoms with Crippen LogP contribution < -0.4 is 0 Å². The fraction of sp³-hybridized carbons (Fsp3) is 0.667. The molecule has 2 atom stereocenters. The second-order valence-electron chi connectivity index (χ2n) is 9.87. The summed E-state index contributed by atoms with van der Waals surface area (Å²) in [7, 11) is 2.03. The lowest BCUT2D eigenvalue weighted by molar-refractivity contribution is -0.137. The van der Waals surface area contributed by atoms with Gasteiger partial charge in [0.05, 0.1) is 5.56 Å². The van der Waals surface area contributed by atoms with E-state index in [0.717, 1.165) is 87.8 Å². The lowest BCUT2D eigenvalue weighted by Gasteiger charge is -2.21. The summed E-state index contributed by atoms with van der Waals surface area (Å²) in [5.41, 5.74) is -0.458. The van der Waals surface area contributed by atoms with Gasteiger partial charge in [0.1, 0.15) is 11.6 Å². The van der Waals surface area contributed by atoms with E-state index in [-0.39, 0.29) is 23.7 Å². The van der Waals surface area contributed by atoms with Crippen LogP contribution in [0.15, 0.2) is 23.4 Å². The molecule has 0 unspecified atom stereocenters. The Balaban J connectivity index is 0.00000289. The molecule has 35 heavy (non-hydrogen) atoms. The highest BCUT2D eigenvalue weighted by atomic mass is 35.5. The van der Waals surface area contributed by atoms with Gasteiger partial charge in [-0.25, -0.2) is 4.39 Å². The molecule has 5 nitrogen and oxygen atoms in total. The van der Waals surface area contributed by atoms with Crippen LogP contribution in [0.1, 0.15) is 60.9 Å². The van der Waals surface area contributed by atoms with Crippen LogP contribution in [0.3, 0.4) is 0 Å². The van der Waals surface area contributed by atoms with Crippen molar-refractivity contribution in [2.24, 2.45) is 12.5 Å². The van der Waals surface area contributed by atoms with Gasteiger partial charge < -0.3 is 14.2 Å². The summed E-state index contributed by atoms with van der Waals surface area (Å²) < 4.78 is 60.5. The minimum Gasteiger partial charge on any atom is -0.381 e. The molecular formula is C24H31ClF4N4OS. The van der Waals surface area contributed by atoms with Crippen molar-refractivity contribution in [3.63, 3.8) is 0 Å². The number of benzene rings is 1. The number of likely N-dealkylation sites (tertiary alicyclic amines) is 1. The smallest absolute Gasteiger partial charge is 0.381 e. The summed E-state index contributed by atoms with van der Waals surface area (Å²) >= 11 is 1.72. The van der Waals surface area contributed by atoms with E-state index in [4.69, 9.17) is 4.74 Å². The van der Waals surface area contributed by atoms with Gasteiger partial charge in [0.25, 0.3) is 0 Å². The third kappa shape index (κ3) is 5.65. The number of ether oxygens (including phenoxy) is 1. The minimum atomic E-state index is -4.51. The molecule has 2 aromatic rings. The quantitative estimate of drug-likeness (QED) is 0.261. The number of alkyl halides is 3. The van der Waals surface area contributed by atoms with Gasteiger partial charge in [0, 0.05) is 38.5 Å². The molecular weight excluding hydrogens is 504 g/mol. The molecule has 1 saturated carbocycles. The summed E-state index contributed by atoms with van der Waals surface area (Å²) in [5, 5.41) is 9.74. The molecule has 11 heteroatoms. The van der Waals surface area contributed by atoms with Crippen LogP contribution in [0, 0.1) is 11.2 Å². The third-order valence-electron chi connectivity index (χ3n) is 7.66. The Kier molecular flexibility index (Phi) is 8.05. The molecule has 5 rings (SSSR count). The van der Waals surface area contributed by atoms with Crippen LogP contribution in [-0.2, 0) is 18.0 Å². The topological polar surface area (TPSA) is 43.2 Å². The molecule has 194 valence electrons. The van der Waals surface area contributed by atoms with Gasteiger partial charge in [-0.15, -0.1) is 22.6 Å². The third-order valence-corrected chi connectivity index (χ3v) is 8.77. The Hall–Kier alpha value is -1.36. The second-order valence-corrected chi connectivity index (χ2v) is 10.9. The highest BCUT2D eigenvalue weighted by molar-refractivity contribution is 7.99. The number of halogens is 5. The monoisotopic (exact) mass is 534 g/mol. The Labute approximate surface area is 213 Å². The Morgan fingerprint density at radius 3 is 2.69 bits per heavy atom. The first kappa shape index (κ1) is 26.7. The molecule has 0 radical (unpaired) electrons. The number of aromatic nitrogens is 3. The number of hydrogen-bond donors (Lipinski definition) is 0. The molecule has 1 aromatic carbocycles. The van der Waals surface area contributed by atoms with Crippen LogP contribution >= 0.6 is 24.2 Å². The maximum atomic E-state index is 14.4. The number of thioether (sulfide) groups is 1. The maximum absolute atomic E-state index is 14.4. The van der Waals surface area contributed by atoms with Gasteiger partial charge in [-0.05, 0) is 74.2 Å². The first-order valence-electron chi connectivity index (χ1n) is 12.0. The summed E-state index contributed by atoms with van der Waals surface area (Å²) in [4.78, 5) is 2.41. The largest absolute Gasteiger partial charge is 0.416 e. The van der Waals surface area contributed by atoms with Crippen LogP contribution in [0.4, 0.5) is 17.6 Å². The van der Waals surface area contributed by atoms with E-state index in [1.54, 1.807) is 11.8 Å². The normalized spacial score (nSPS) is 25.2. The van der Waals surface area contributed by atoms with Crippen molar-refractivity contribution in [2.75, 3.05) is 38.6 Å². The Morgan fingerprint density at radius 2 is 1.97 bits per heavy atom. The first-order valence-corrected chi connectivity index (χ1v) is 12.9. The average molecular weight is 535 g/mol. The predicted octanol–water partition coefficient (Wildman–Crippen LogP) is 5.65. The second kappa shape index (κ2) is 10.6. The zero-order chi connectivity index (χ0) is 23.9. The van der Waals surface area contributed by atoms with Gasteiger partial charge >= 0.3 is 6.18 Å². The molecule has 2 aliphatic heterocycles. The van der Waals surface area contributed by atoms with Gasteiger partial charge in [0.15, 0.2) is 5.16 Å². The van der Waals surface area contributed by atoms with E-state index < -0.39 is 17.6 Å². The van der Waals surface area contributed by atoms with E-state index in [1.807, 2.05) is 7.05 Å². The van der Waals surface area contributed by atoms with E-state index >= 15 is 0 Å². The summed E-state index contributed by atoms with van der Waals surface area (Å²) in [6, 6.07) is 2.99. The Bertz CT molecular complexity index is 1030. The van der Waals surface area contributed by atoms with Gasteiger partial charge in [-0.1, -0.05) is 17.8 Å². The molecule has 0 N–H and O–H groups in total. The van der Waals surface area contributed by atoms with Gasteiger partial charge in [-0.3, -0.25) is 0 Å². The molecule has 2 saturated heterocycles. The van der Waals surface area contributed by atoms with Crippen molar-refractivity contribution in [3.05, 3.63) is 41.0 Å². The molecule has 3 fully saturated rings. The van der Waals surface area contributed by atoms with Crippen molar-refractivity contribution >= 4 is 24.2 Å². The van der Waals surface area contributed by atoms with E-state index in [9.17, 15) is 17.6 Å². The van der Waals surface area contributed by atoms with E-state index in [0.29, 0.717) is 17.5 Å². The molecule has 1 aromatic heterocycles. The van der Waals surface area contributed by atoms with Crippen molar-refractivity contribution in [2.45, 2.75) is 55.3 Å². The zero-order valence-corrected chi connectivity index (χ0v) is 21.3. The molecule has 1 aliphatic carbocycles. The summed E-state index contributed by atoms with van der Waals surface area (Å²) in [6.45, 7) is 4.37. The number of rotatable bonds is 7. The molecule has 0 bridgehead atoms. The van der Waals surface area contributed by atoms with E-state index in [2.05, 4.69) is 19.7 Å². The predicted molar refractivity (Wildman–Crippen MR) is 129 cm³/mol. The molecule has 3 aliphatic rings. The minimum absolute atomic E-state index is 0. The van der Waals surface area contributed by atoms with Crippen LogP contribution in [0.25, 0.3) is 0 Å². The van der Waals surface area contributed by atoms with Crippen LogP contribution in [0.5, 0.6) is 0 Å². The van der Waals surface area contributed by atoms with Crippen molar-refractivity contribution < 1.29 is 22.3 Å². The van der Waals surface area contributed by atoms with Crippen molar-refractivity contribution in [1.82, 2.24) is 19.7 Å². The first-order chi connectivity index (χ1) is 16.3. The highest BCUT2D eigenvalue weighted by Crippen LogP contribution is 2.64. The lowest BCUT2D eigenvalue weighted by atomic mass is 9.97. The SMILES string of the molecule is Cl.Cn1c(SCCCN2CC[C@]3(C[C@@H]3c3ccc(C(F)(F)F)cc3F)C2)nnc1C1CCOCC1. The maximum Gasteiger partial charge on any atom is 0.416 e. The molecule has 1 spiro atoms. The zero-order valence-electron chi connectivity index (χ0n) is 19.7. The molecule has 3 heterocycles. The molecule has 0 amide bonds. The standard InChI is InChI=1S/C24H30F4N4OS.ClH/c1-31-21(16-5-10-33-11-6-16)29-30-22(31)34-12-2-8-32-9-7-23(15-32)14-19(23)18-4-3-17(13-20(18)25)24(26,27)28;/h3-4,13,16,19H,2,5-12,14-15H2,1H3;1H/t19-,23+;/m1./s1. The fourth-order valence-corrected chi connectivity index (χ4v) is 6.46. The van der Waals surface area contributed by atoms with E-state index in [1.165, 1.54) is 6.07 Å². The number of hydrogen-bond acceptors (Lipinski definition) is 5. The number of nitrogens with zero attached hydrogens (tertiary/aromatic N) is 4. The summed E-state index contributed by atoms with van der Waals surface area (Å²) in [5.74, 6) is 1.71. The fourth-order valence-electron chi connectivity index (χ4n) is 5.61. The van der Waals surface area contributed by atoms with Gasteiger partial charge in [0.2, 0.25) is 0 Å².